The molecule has 4 heteroatoms. The van der Waals surface area contributed by atoms with Crippen molar-refractivity contribution in [2.45, 2.75) is 64.2 Å². The SMILES string of the molecule is O=C(CCCC1CCCCC1)Nc1ccc(C(=O)N2CCCC2)cc1. The Morgan fingerprint density at radius 3 is 2.32 bits per heavy atom. The van der Waals surface area contributed by atoms with Gasteiger partial charge in [0.05, 0.1) is 0 Å². The van der Waals surface area contributed by atoms with Crippen molar-refractivity contribution in [1.29, 1.82) is 0 Å². The second-order valence-electron chi connectivity index (χ2n) is 7.52. The predicted molar refractivity (Wildman–Crippen MR) is 101 cm³/mol. The summed E-state index contributed by atoms with van der Waals surface area (Å²) in [7, 11) is 0. The molecule has 2 aliphatic rings. The lowest BCUT2D eigenvalue weighted by atomic mass is 9.86. The van der Waals surface area contributed by atoms with Crippen LogP contribution in [0.15, 0.2) is 24.3 Å². The van der Waals surface area contributed by atoms with E-state index in [0.29, 0.717) is 12.0 Å². The predicted octanol–water partition coefficient (Wildman–Crippen LogP) is 4.61. The van der Waals surface area contributed by atoms with Gasteiger partial charge in [0.25, 0.3) is 5.91 Å². The molecule has 1 heterocycles. The van der Waals surface area contributed by atoms with E-state index in [2.05, 4.69) is 5.32 Å². The number of carbonyl (C=O) groups excluding carboxylic acids is 2. The minimum atomic E-state index is 0.0782. The first-order valence-corrected chi connectivity index (χ1v) is 9.91. The Labute approximate surface area is 151 Å². The highest BCUT2D eigenvalue weighted by Gasteiger charge is 2.19. The molecule has 1 aromatic carbocycles. The van der Waals surface area contributed by atoms with Gasteiger partial charge < -0.3 is 10.2 Å². The number of likely N-dealkylation sites (tertiary alicyclic amines) is 1. The molecule has 2 amide bonds. The zero-order chi connectivity index (χ0) is 17.5. The number of rotatable bonds is 6. The number of hydrogen-bond donors (Lipinski definition) is 1. The molecule has 2 fully saturated rings. The molecule has 0 radical (unpaired) electrons. The molecule has 1 N–H and O–H groups in total. The molecule has 0 aromatic heterocycles. The molecule has 1 aromatic rings. The van der Waals surface area contributed by atoms with E-state index in [1.54, 1.807) is 0 Å². The number of benzene rings is 1. The van der Waals surface area contributed by atoms with Crippen LogP contribution in [-0.4, -0.2) is 29.8 Å². The Balaban J connectivity index is 1.41. The van der Waals surface area contributed by atoms with E-state index in [1.165, 1.54) is 38.5 Å². The number of nitrogens with zero attached hydrogens (tertiary/aromatic N) is 1. The van der Waals surface area contributed by atoms with Crippen LogP contribution in [-0.2, 0) is 4.79 Å². The molecule has 4 nitrogen and oxygen atoms in total. The van der Waals surface area contributed by atoms with Crippen LogP contribution in [0.3, 0.4) is 0 Å². The van der Waals surface area contributed by atoms with E-state index in [-0.39, 0.29) is 11.8 Å². The number of carbonyl (C=O) groups is 2. The van der Waals surface area contributed by atoms with E-state index in [4.69, 9.17) is 0 Å². The van der Waals surface area contributed by atoms with Crippen LogP contribution in [0.4, 0.5) is 5.69 Å². The lowest BCUT2D eigenvalue weighted by Gasteiger charge is -2.21. The maximum atomic E-state index is 12.3. The first-order valence-electron chi connectivity index (χ1n) is 9.91. The Morgan fingerprint density at radius 1 is 0.960 bits per heavy atom. The quantitative estimate of drug-likeness (QED) is 0.820. The van der Waals surface area contributed by atoms with Crippen LogP contribution in [0.25, 0.3) is 0 Å². The van der Waals surface area contributed by atoms with Crippen LogP contribution < -0.4 is 5.32 Å². The van der Waals surface area contributed by atoms with Gasteiger partial charge in [-0.25, -0.2) is 0 Å². The monoisotopic (exact) mass is 342 g/mol. The van der Waals surface area contributed by atoms with Gasteiger partial charge in [-0.3, -0.25) is 9.59 Å². The number of hydrogen-bond acceptors (Lipinski definition) is 2. The van der Waals surface area contributed by atoms with Crippen molar-refractivity contribution in [3.8, 4) is 0 Å². The lowest BCUT2D eigenvalue weighted by molar-refractivity contribution is -0.116. The number of amides is 2. The third kappa shape index (κ3) is 5.32. The summed E-state index contributed by atoms with van der Waals surface area (Å²) in [5.74, 6) is 1.01. The Hall–Kier alpha value is -1.84. The highest BCUT2D eigenvalue weighted by Crippen LogP contribution is 2.27. The van der Waals surface area contributed by atoms with Crippen molar-refractivity contribution in [3.05, 3.63) is 29.8 Å². The fraction of sp³-hybridized carbons (Fsp3) is 0.619. The summed E-state index contributed by atoms with van der Waals surface area (Å²) in [6, 6.07) is 7.31. The van der Waals surface area contributed by atoms with Crippen LogP contribution in [0.2, 0.25) is 0 Å². The van der Waals surface area contributed by atoms with Gasteiger partial charge in [-0.15, -0.1) is 0 Å². The molecule has 0 spiro atoms. The van der Waals surface area contributed by atoms with E-state index >= 15 is 0 Å². The zero-order valence-electron chi connectivity index (χ0n) is 15.1. The average Bonchev–Trinajstić information content (AvgIpc) is 3.17. The minimum absolute atomic E-state index is 0.0782. The fourth-order valence-corrected chi connectivity index (χ4v) is 4.05. The molecule has 0 bridgehead atoms. The van der Waals surface area contributed by atoms with Gasteiger partial charge in [-0.2, -0.15) is 0 Å². The fourth-order valence-electron chi connectivity index (χ4n) is 4.05. The lowest BCUT2D eigenvalue weighted by Crippen LogP contribution is -2.27. The largest absolute Gasteiger partial charge is 0.339 e. The van der Waals surface area contributed by atoms with Crippen molar-refractivity contribution in [3.63, 3.8) is 0 Å². The third-order valence-electron chi connectivity index (χ3n) is 5.55. The summed E-state index contributed by atoms with van der Waals surface area (Å²) in [6.07, 6.45) is 11.7. The summed E-state index contributed by atoms with van der Waals surface area (Å²) in [5.41, 5.74) is 1.48. The van der Waals surface area contributed by atoms with E-state index in [0.717, 1.165) is 44.0 Å². The van der Waals surface area contributed by atoms with E-state index < -0.39 is 0 Å². The van der Waals surface area contributed by atoms with Crippen molar-refractivity contribution >= 4 is 17.5 Å². The summed E-state index contributed by atoms with van der Waals surface area (Å²) in [4.78, 5) is 26.3. The molecule has 1 saturated carbocycles. The molecule has 1 saturated heterocycles. The highest BCUT2D eigenvalue weighted by atomic mass is 16.2. The zero-order valence-corrected chi connectivity index (χ0v) is 15.1. The molecule has 1 aliphatic carbocycles. The van der Waals surface area contributed by atoms with Gasteiger partial charge >= 0.3 is 0 Å². The van der Waals surface area contributed by atoms with Crippen LogP contribution in [0, 0.1) is 5.92 Å². The smallest absolute Gasteiger partial charge is 0.253 e. The van der Waals surface area contributed by atoms with Gasteiger partial charge in [-0.05, 0) is 55.9 Å². The molecule has 25 heavy (non-hydrogen) atoms. The molecule has 1 aliphatic heterocycles. The topological polar surface area (TPSA) is 49.4 Å². The normalized spacial score (nSPS) is 18.3. The number of nitrogens with one attached hydrogen (secondary N) is 1. The molecule has 136 valence electrons. The van der Waals surface area contributed by atoms with Gasteiger partial charge in [0.2, 0.25) is 5.91 Å². The Kier molecular flexibility index (Phi) is 6.48. The second kappa shape index (κ2) is 9.02. The van der Waals surface area contributed by atoms with E-state index in [9.17, 15) is 9.59 Å². The standard InChI is InChI=1S/C21H30N2O2/c24-20(10-6-9-17-7-2-1-3-8-17)22-19-13-11-18(12-14-19)21(25)23-15-4-5-16-23/h11-14,17H,1-10,15-16H2,(H,22,24). The van der Waals surface area contributed by atoms with Crippen LogP contribution in [0.1, 0.15) is 74.6 Å². The van der Waals surface area contributed by atoms with E-state index in [1.807, 2.05) is 29.2 Å². The molecule has 0 unspecified atom stereocenters. The Bertz CT molecular complexity index is 570. The van der Waals surface area contributed by atoms with Crippen molar-refractivity contribution in [2.24, 2.45) is 5.92 Å². The Morgan fingerprint density at radius 2 is 1.64 bits per heavy atom. The summed E-state index contributed by atoms with van der Waals surface area (Å²) >= 11 is 0. The minimum Gasteiger partial charge on any atom is -0.339 e. The molecular formula is C21H30N2O2. The molecule has 3 rings (SSSR count). The second-order valence-corrected chi connectivity index (χ2v) is 7.52. The van der Waals surface area contributed by atoms with Gasteiger partial charge in [-0.1, -0.05) is 32.1 Å². The average molecular weight is 342 g/mol. The molecule has 0 atom stereocenters. The third-order valence-corrected chi connectivity index (χ3v) is 5.55. The first-order chi connectivity index (χ1) is 12.2. The molecular weight excluding hydrogens is 312 g/mol. The maximum absolute atomic E-state index is 12.3. The van der Waals surface area contributed by atoms with Crippen molar-refractivity contribution < 1.29 is 9.59 Å². The van der Waals surface area contributed by atoms with Crippen molar-refractivity contribution in [2.75, 3.05) is 18.4 Å². The summed E-state index contributed by atoms with van der Waals surface area (Å²) in [6.45, 7) is 1.72. The highest BCUT2D eigenvalue weighted by molar-refractivity contribution is 5.96. The number of anilines is 1. The van der Waals surface area contributed by atoms with Gasteiger partial charge in [0, 0.05) is 30.8 Å². The van der Waals surface area contributed by atoms with Crippen LogP contribution >= 0.6 is 0 Å². The maximum Gasteiger partial charge on any atom is 0.253 e. The van der Waals surface area contributed by atoms with Crippen molar-refractivity contribution in [1.82, 2.24) is 4.90 Å². The van der Waals surface area contributed by atoms with Gasteiger partial charge in [0.15, 0.2) is 0 Å². The first kappa shape index (κ1) is 18.0. The summed E-state index contributed by atoms with van der Waals surface area (Å²) < 4.78 is 0. The van der Waals surface area contributed by atoms with Crippen LogP contribution in [0.5, 0.6) is 0 Å². The summed E-state index contributed by atoms with van der Waals surface area (Å²) in [5, 5.41) is 2.95. The van der Waals surface area contributed by atoms with Gasteiger partial charge in [0.1, 0.15) is 0 Å².